The van der Waals surface area contributed by atoms with Crippen LogP contribution in [0.2, 0.25) is 0 Å². The van der Waals surface area contributed by atoms with E-state index in [1.807, 2.05) is 0 Å². The molecule has 13 aromatic rings. The van der Waals surface area contributed by atoms with E-state index in [9.17, 15) is 0 Å². The topological polar surface area (TPSA) is 6.48 Å². The molecular formula is C78H60N2. The lowest BCUT2D eigenvalue weighted by atomic mass is 9.84. The van der Waals surface area contributed by atoms with Crippen LogP contribution in [0.15, 0.2) is 267 Å². The van der Waals surface area contributed by atoms with Crippen molar-refractivity contribution in [2.75, 3.05) is 9.80 Å². The molecule has 0 bridgehead atoms. The first-order valence-electron chi connectivity index (χ1n) is 28.8. The second-order valence-corrected chi connectivity index (χ2v) is 21.9. The summed E-state index contributed by atoms with van der Waals surface area (Å²) in [6.07, 6.45) is 9.51. The molecule has 2 heteroatoms. The number of aryl methyl sites for hydroxylation is 2. The molecule has 0 N–H and O–H groups in total. The number of anilines is 6. The minimum absolute atomic E-state index is 1.11. The van der Waals surface area contributed by atoms with E-state index < -0.39 is 0 Å². The van der Waals surface area contributed by atoms with Crippen LogP contribution in [0.25, 0.3) is 87.6 Å². The van der Waals surface area contributed by atoms with Crippen LogP contribution in [0, 0.1) is 0 Å². The maximum absolute atomic E-state index is 2.46. The monoisotopic (exact) mass is 1020 g/mol. The number of rotatable bonds is 10. The van der Waals surface area contributed by atoms with Gasteiger partial charge in [-0.05, 0) is 222 Å². The van der Waals surface area contributed by atoms with E-state index in [0.717, 1.165) is 25.7 Å². The Morgan fingerprint density at radius 1 is 0.200 bits per heavy atom. The van der Waals surface area contributed by atoms with E-state index in [1.54, 1.807) is 0 Å². The molecule has 13 aromatic carbocycles. The quantitative estimate of drug-likeness (QED) is 0.126. The van der Waals surface area contributed by atoms with Crippen molar-refractivity contribution in [3.05, 3.63) is 289 Å². The SMILES string of the molecule is c1ccc(N(c2ccc(-c3c4ccccc4c(-c4ccc(-c5c6ccccc6c(-c6ccc(N(c7ccccc7)c7cccc8c7CCCC8)cc6)c6ccccc56)cc4)c4ccccc34)cc2)c2cccc3c2CCCC3)cc1. The zero-order valence-corrected chi connectivity index (χ0v) is 45.0. The minimum atomic E-state index is 1.11. The predicted molar refractivity (Wildman–Crippen MR) is 341 cm³/mol. The molecule has 2 aliphatic rings. The van der Waals surface area contributed by atoms with Gasteiger partial charge in [-0.3, -0.25) is 0 Å². The molecule has 2 nitrogen and oxygen atoms in total. The first-order valence-corrected chi connectivity index (χ1v) is 28.8. The van der Waals surface area contributed by atoms with Gasteiger partial charge in [-0.1, -0.05) is 206 Å². The molecule has 0 radical (unpaired) electrons. The van der Waals surface area contributed by atoms with Crippen LogP contribution >= 0.6 is 0 Å². The summed E-state index contributed by atoms with van der Waals surface area (Å²) in [5.41, 5.74) is 23.1. The van der Waals surface area contributed by atoms with E-state index in [4.69, 9.17) is 0 Å². The number of benzene rings is 13. The van der Waals surface area contributed by atoms with Crippen molar-refractivity contribution in [2.24, 2.45) is 0 Å². The smallest absolute Gasteiger partial charge is 0.0496 e. The van der Waals surface area contributed by atoms with Crippen LogP contribution in [-0.4, -0.2) is 0 Å². The van der Waals surface area contributed by atoms with Crippen molar-refractivity contribution in [3.8, 4) is 44.5 Å². The highest BCUT2D eigenvalue weighted by atomic mass is 15.1. The highest BCUT2D eigenvalue weighted by Crippen LogP contribution is 2.49. The number of nitrogens with zero attached hydrogens (tertiary/aromatic N) is 2. The Labute approximate surface area is 469 Å². The van der Waals surface area contributed by atoms with E-state index in [1.165, 1.54) is 170 Å². The maximum atomic E-state index is 2.46. The fourth-order valence-electron chi connectivity index (χ4n) is 13.8. The van der Waals surface area contributed by atoms with Crippen LogP contribution in [-0.2, 0) is 25.7 Å². The summed E-state index contributed by atoms with van der Waals surface area (Å²) in [7, 11) is 0. The Balaban J connectivity index is 0.811. The summed E-state index contributed by atoms with van der Waals surface area (Å²) in [6, 6.07) is 99.8. The standard InChI is InChI=1S/C78H60N2/c1-3-25-59(26-4-1)79(73-39-19-23-53-21-7-9-29-63(53)73)61-49-45-57(46-50-61)77-69-35-15-11-31-65(69)75(66-32-12-16-36-70(66)77)55-41-43-56(44-42-55)76-67-33-13-17-37-71(67)78(72-38-18-14-34-68(72)76)58-47-51-62(52-48-58)80(60-27-5-2-6-28-60)74-40-20-24-54-22-8-10-30-64(54)74/h1-6,11-20,23-28,31-52H,7-10,21-22,29-30H2. The van der Waals surface area contributed by atoms with E-state index in [0.29, 0.717) is 0 Å². The fourth-order valence-corrected chi connectivity index (χ4v) is 13.8. The van der Waals surface area contributed by atoms with Gasteiger partial charge in [-0.2, -0.15) is 0 Å². The number of hydrogen-bond acceptors (Lipinski definition) is 2. The number of fused-ring (bicyclic) bond motifs is 6. The lowest BCUT2D eigenvalue weighted by Gasteiger charge is -2.30. The summed E-state index contributed by atoms with van der Waals surface area (Å²) in [5.74, 6) is 0. The molecule has 0 fully saturated rings. The van der Waals surface area contributed by atoms with Crippen LogP contribution in [0.4, 0.5) is 34.1 Å². The largest absolute Gasteiger partial charge is 0.310 e. The molecule has 15 rings (SSSR count). The van der Waals surface area contributed by atoms with Gasteiger partial charge in [0.25, 0.3) is 0 Å². The van der Waals surface area contributed by atoms with E-state index >= 15 is 0 Å². The zero-order chi connectivity index (χ0) is 52.9. The van der Waals surface area contributed by atoms with E-state index in [-0.39, 0.29) is 0 Å². The molecule has 382 valence electrons. The first-order chi connectivity index (χ1) is 39.7. The van der Waals surface area contributed by atoms with Gasteiger partial charge in [0.05, 0.1) is 0 Å². The third-order valence-corrected chi connectivity index (χ3v) is 17.4. The van der Waals surface area contributed by atoms with Gasteiger partial charge in [0.1, 0.15) is 0 Å². The molecule has 0 saturated carbocycles. The predicted octanol–water partition coefficient (Wildman–Crippen LogP) is 21.7. The Bertz CT molecular complexity index is 4040. The summed E-state index contributed by atoms with van der Waals surface area (Å²) in [4.78, 5) is 4.93. The van der Waals surface area contributed by atoms with Crippen molar-refractivity contribution < 1.29 is 0 Å². The molecule has 0 heterocycles. The third-order valence-electron chi connectivity index (χ3n) is 17.4. The summed E-state index contributed by atoms with van der Waals surface area (Å²) in [5, 5.41) is 10.0. The Hall–Kier alpha value is -9.50. The Morgan fingerprint density at radius 3 is 0.750 bits per heavy atom. The third kappa shape index (κ3) is 8.25. The van der Waals surface area contributed by atoms with Crippen molar-refractivity contribution >= 4 is 77.2 Å². The van der Waals surface area contributed by atoms with Gasteiger partial charge in [-0.15, -0.1) is 0 Å². The summed E-state index contributed by atoms with van der Waals surface area (Å²) in [6.45, 7) is 0. The van der Waals surface area contributed by atoms with Crippen molar-refractivity contribution in [1.29, 1.82) is 0 Å². The molecule has 0 aromatic heterocycles. The molecule has 0 unspecified atom stereocenters. The van der Waals surface area contributed by atoms with Gasteiger partial charge in [0, 0.05) is 34.1 Å². The van der Waals surface area contributed by atoms with Gasteiger partial charge < -0.3 is 9.80 Å². The summed E-state index contributed by atoms with van der Waals surface area (Å²) >= 11 is 0. The molecule has 0 aliphatic heterocycles. The normalized spacial score (nSPS) is 13.1. The molecule has 2 aliphatic carbocycles. The van der Waals surface area contributed by atoms with Crippen molar-refractivity contribution in [3.63, 3.8) is 0 Å². The number of hydrogen-bond donors (Lipinski definition) is 0. The van der Waals surface area contributed by atoms with Gasteiger partial charge in [0.15, 0.2) is 0 Å². The second kappa shape index (κ2) is 20.4. The Morgan fingerprint density at radius 2 is 0.450 bits per heavy atom. The van der Waals surface area contributed by atoms with Gasteiger partial charge in [-0.25, -0.2) is 0 Å². The van der Waals surface area contributed by atoms with E-state index in [2.05, 4.69) is 277 Å². The zero-order valence-electron chi connectivity index (χ0n) is 45.0. The summed E-state index contributed by atoms with van der Waals surface area (Å²) < 4.78 is 0. The van der Waals surface area contributed by atoms with Gasteiger partial charge in [0.2, 0.25) is 0 Å². The fraction of sp³-hybridized carbons (Fsp3) is 0.103. The molecular weight excluding hydrogens is 965 g/mol. The molecule has 0 spiro atoms. The minimum Gasteiger partial charge on any atom is -0.310 e. The molecule has 80 heavy (non-hydrogen) atoms. The Kier molecular flexibility index (Phi) is 12.1. The number of para-hydroxylation sites is 2. The van der Waals surface area contributed by atoms with Crippen molar-refractivity contribution in [2.45, 2.75) is 51.4 Å². The molecule has 0 amide bonds. The molecule has 0 atom stereocenters. The average molecular weight is 1030 g/mol. The van der Waals surface area contributed by atoms with Crippen LogP contribution in [0.1, 0.15) is 47.9 Å². The van der Waals surface area contributed by atoms with Crippen molar-refractivity contribution in [1.82, 2.24) is 0 Å². The van der Waals surface area contributed by atoms with Gasteiger partial charge >= 0.3 is 0 Å². The lowest BCUT2D eigenvalue weighted by molar-refractivity contribution is 0.686. The van der Waals surface area contributed by atoms with Crippen LogP contribution < -0.4 is 9.80 Å². The average Bonchev–Trinajstić information content (AvgIpc) is 3.72. The highest BCUT2D eigenvalue weighted by molar-refractivity contribution is 6.23. The maximum Gasteiger partial charge on any atom is 0.0496 e. The second-order valence-electron chi connectivity index (χ2n) is 21.9. The first kappa shape index (κ1) is 47.7. The van der Waals surface area contributed by atoms with Crippen LogP contribution in [0.3, 0.4) is 0 Å². The van der Waals surface area contributed by atoms with Crippen LogP contribution in [0.5, 0.6) is 0 Å². The lowest BCUT2D eigenvalue weighted by Crippen LogP contribution is -2.15. The molecule has 0 saturated heterocycles. The highest BCUT2D eigenvalue weighted by Gasteiger charge is 2.24.